The van der Waals surface area contributed by atoms with Gasteiger partial charge in [-0.2, -0.15) is 0 Å². The number of thiophene rings is 1. The van der Waals surface area contributed by atoms with Gasteiger partial charge in [0.15, 0.2) is 5.16 Å². The van der Waals surface area contributed by atoms with E-state index in [1.54, 1.807) is 18.3 Å². The van der Waals surface area contributed by atoms with Crippen LogP contribution in [0.5, 0.6) is 0 Å². The molecule has 29 heavy (non-hydrogen) atoms. The summed E-state index contributed by atoms with van der Waals surface area (Å²) in [6.45, 7) is 11.4. The summed E-state index contributed by atoms with van der Waals surface area (Å²) >= 11 is 3.16. The van der Waals surface area contributed by atoms with Crippen molar-refractivity contribution in [2.45, 2.75) is 70.4 Å². The van der Waals surface area contributed by atoms with E-state index in [9.17, 15) is 5.11 Å². The van der Waals surface area contributed by atoms with Crippen molar-refractivity contribution >= 4 is 49.3 Å². The highest BCUT2D eigenvalue weighted by molar-refractivity contribution is 7.98. The van der Waals surface area contributed by atoms with Crippen molar-refractivity contribution in [3.8, 4) is 0 Å². The van der Waals surface area contributed by atoms with Crippen LogP contribution in [0, 0.1) is 0 Å². The number of pyridine rings is 1. The zero-order valence-corrected chi connectivity index (χ0v) is 19.4. The molecule has 8 heteroatoms. The van der Waals surface area contributed by atoms with E-state index in [1.807, 2.05) is 6.26 Å². The first-order valence-corrected chi connectivity index (χ1v) is 12.0. The summed E-state index contributed by atoms with van der Waals surface area (Å²) in [4.78, 5) is 15.6. The average molecular weight is 433 g/mol. The van der Waals surface area contributed by atoms with Gasteiger partial charge in [-0.1, -0.05) is 25.6 Å². The van der Waals surface area contributed by atoms with Gasteiger partial charge in [-0.25, -0.2) is 15.0 Å². The van der Waals surface area contributed by atoms with Crippen LogP contribution in [-0.4, -0.2) is 44.6 Å². The lowest BCUT2D eigenvalue weighted by Gasteiger charge is -2.33. The number of nitrogens with zero attached hydrogens (tertiary/aromatic N) is 3. The van der Waals surface area contributed by atoms with Gasteiger partial charge < -0.3 is 15.2 Å². The van der Waals surface area contributed by atoms with E-state index in [2.05, 4.69) is 38.0 Å². The minimum absolute atomic E-state index is 0.216. The average Bonchev–Trinajstić information content (AvgIpc) is 3.03. The maximum atomic E-state index is 9.73. The molecule has 156 valence electrons. The molecule has 0 fully saturated rings. The number of ether oxygens (including phenoxy) is 1. The monoisotopic (exact) mass is 432 g/mol. The number of rotatable bonds is 5. The van der Waals surface area contributed by atoms with E-state index in [-0.39, 0.29) is 5.60 Å². The van der Waals surface area contributed by atoms with Crippen molar-refractivity contribution in [2.24, 2.45) is 0 Å². The molecule has 0 spiro atoms. The van der Waals surface area contributed by atoms with Gasteiger partial charge >= 0.3 is 0 Å². The van der Waals surface area contributed by atoms with Crippen molar-refractivity contribution in [1.82, 2.24) is 15.0 Å². The Morgan fingerprint density at radius 1 is 1.21 bits per heavy atom. The van der Waals surface area contributed by atoms with E-state index in [0.29, 0.717) is 19.1 Å². The number of hydrogen-bond acceptors (Lipinski definition) is 8. The molecule has 3 aromatic rings. The number of aliphatic hydroxyl groups excluding tert-OH is 1. The molecule has 4 heterocycles. The maximum absolute atomic E-state index is 9.73. The normalized spacial score (nSPS) is 17.1. The predicted molar refractivity (Wildman–Crippen MR) is 121 cm³/mol. The first-order valence-electron chi connectivity index (χ1n) is 9.96. The Balaban J connectivity index is 2.04. The van der Waals surface area contributed by atoms with E-state index in [4.69, 9.17) is 14.7 Å². The quantitative estimate of drug-likeness (QED) is 0.446. The van der Waals surface area contributed by atoms with Crippen molar-refractivity contribution in [2.75, 3.05) is 18.1 Å². The van der Waals surface area contributed by atoms with Gasteiger partial charge in [0.25, 0.3) is 0 Å². The molecule has 1 aliphatic rings. The van der Waals surface area contributed by atoms with Crippen LogP contribution < -0.4 is 5.32 Å². The highest BCUT2D eigenvalue weighted by Crippen LogP contribution is 2.43. The number of aliphatic hydroxyl groups is 1. The summed E-state index contributed by atoms with van der Waals surface area (Å²) in [5.41, 5.74) is 4.38. The van der Waals surface area contributed by atoms with Crippen LogP contribution in [0.1, 0.15) is 57.4 Å². The molecule has 0 bridgehead atoms. The minimum atomic E-state index is -0.455. The second-order valence-electron chi connectivity index (χ2n) is 8.58. The molecule has 1 aliphatic heterocycles. The Kier molecular flexibility index (Phi) is 5.48. The number of thioether (sulfide) groups is 1. The summed E-state index contributed by atoms with van der Waals surface area (Å²) in [6.07, 6.45) is 2.36. The highest BCUT2D eigenvalue weighted by Gasteiger charge is 2.32. The number of fused-ring (bicyclic) bond motifs is 5. The van der Waals surface area contributed by atoms with Crippen LogP contribution in [0.15, 0.2) is 5.16 Å². The zero-order valence-electron chi connectivity index (χ0n) is 17.8. The first-order chi connectivity index (χ1) is 13.7. The Labute approximate surface area is 179 Å². The Morgan fingerprint density at radius 3 is 2.62 bits per heavy atom. The third-order valence-electron chi connectivity index (χ3n) is 5.20. The Hall–Kier alpha value is -1.48. The van der Waals surface area contributed by atoms with Crippen LogP contribution in [-0.2, 0) is 17.8 Å². The number of anilines is 1. The number of aromatic nitrogens is 3. The molecular weight excluding hydrogens is 404 g/mol. The predicted octanol–water partition coefficient (Wildman–Crippen LogP) is 4.73. The molecular formula is C21H28N4O2S2. The lowest BCUT2D eigenvalue weighted by atomic mass is 9.87. The van der Waals surface area contributed by atoms with E-state index >= 15 is 0 Å². The van der Waals surface area contributed by atoms with Crippen LogP contribution in [0.25, 0.3) is 20.4 Å². The SMILES string of the molecule is CSc1nc(NC[C@H](C)O)c2sc3nc(C(C)C)c4c(c3c2n1)CC(C)(C)OC4. The van der Waals surface area contributed by atoms with Gasteiger partial charge in [0.05, 0.1) is 34.2 Å². The van der Waals surface area contributed by atoms with Gasteiger partial charge in [-0.3, -0.25) is 0 Å². The number of hydrogen-bond donors (Lipinski definition) is 2. The van der Waals surface area contributed by atoms with Crippen LogP contribution in [0.3, 0.4) is 0 Å². The standard InChI is InChI=1S/C21H28N4O2S2/c1-10(2)15-13-9-27-21(4,5)7-12(13)14-16-17(29-19(14)23-15)18(22-8-11(3)26)25-20(24-16)28-6/h10-11,26H,7-9H2,1-6H3,(H,22,24,25)/t11-/m0/s1. The molecule has 2 N–H and O–H groups in total. The minimum Gasteiger partial charge on any atom is -0.392 e. The molecule has 0 radical (unpaired) electrons. The Bertz CT molecular complexity index is 1080. The van der Waals surface area contributed by atoms with Crippen LogP contribution >= 0.6 is 23.1 Å². The van der Waals surface area contributed by atoms with Crippen molar-refractivity contribution in [3.05, 3.63) is 16.8 Å². The fraction of sp³-hybridized carbons (Fsp3) is 0.571. The summed E-state index contributed by atoms with van der Waals surface area (Å²) < 4.78 is 7.14. The topological polar surface area (TPSA) is 80.2 Å². The van der Waals surface area contributed by atoms with E-state index in [1.165, 1.54) is 22.9 Å². The fourth-order valence-corrected chi connectivity index (χ4v) is 5.29. The van der Waals surface area contributed by atoms with Crippen molar-refractivity contribution in [1.29, 1.82) is 0 Å². The van der Waals surface area contributed by atoms with Crippen molar-refractivity contribution < 1.29 is 9.84 Å². The summed E-state index contributed by atoms with van der Waals surface area (Å²) in [7, 11) is 0. The summed E-state index contributed by atoms with van der Waals surface area (Å²) in [5, 5.41) is 14.9. The zero-order chi connectivity index (χ0) is 20.9. The lowest BCUT2D eigenvalue weighted by molar-refractivity contribution is -0.0402. The lowest BCUT2D eigenvalue weighted by Crippen LogP contribution is -2.32. The molecule has 0 unspecified atom stereocenters. The smallest absolute Gasteiger partial charge is 0.189 e. The third-order valence-corrected chi connectivity index (χ3v) is 6.82. The molecule has 3 aromatic heterocycles. The highest BCUT2D eigenvalue weighted by atomic mass is 32.2. The fourth-order valence-electron chi connectivity index (χ4n) is 3.81. The van der Waals surface area contributed by atoms with Gasteiger partial charge in [0.1, 0.15) is 10.6 Å². The summed E-state index contributed by atoms with van der Waals surface area (Å²) in [6, 6.07) is 0. The van der Waals surface area contributed by atoms with Gasteiger partial charge in [0.2, 0.25) is 0 Å². The molecule has 1 atom stereocenters. The van der Waals surface area contributed by atoms with Gasteiger partial charge in [0, 0.05) is 23.9 Å². The second-order valence-corrected chi connectivity index (χ2v) is 10.4. The molecule has 0 aromatic carbocycles. The largest absolute Gasteiger partial charge is 0.392 e. The molecule has 0 aliphatic carbocycles. The molecule has 4 rings (SSSR count). The van der Waals surface area contributed by atoms with E-state index < -0.39 is 6.10 Å². The first kappa shape index (κ1) is 20.8. The number of nitrogens with one attached hydrogen (secondary N) is 1. The van der Waals surface area contributed by atoms with Crippen LogP contribution in [0.4, 0.5) is 5.82 Å². The van der Waals surface area contributed by atoms with Crippen molar-refractivity contribution in [3.63, 3.8) is 0 Å². The maximum Gasteiger partial charge on any atom is 0.189 e. The molecule has 0 saturated heterocycles. The summed E-state index contributed by atoms with van der Waals surface area (Å²) in [5.74, 6) is 1.10. The Morgan fingerprint density at radius 2 is 1.97 bits per heavy atom. The van der Waals surface area contributed by atoms with Gasteiger partial charge in [-0.05, 0) is 38.5 Å². The molecule has 0 saturated carbocycles. The van der Waals surface area contributed by atoms with E-state index in [0.717, 1.165) is 43.5 Å². The third kappa shape index (κ3) is 3.83. The molecule has 0 amide bonds. The molecule has 6 nitrogen and oxygen atoms in total. The second kappa shape index (κ2) is 7.65. The van der Waals surface area contributed by atoms with Gasteiger partial charge in [-0.15, -0.1) is 11.3 Å². The van der Waals surface area contributed by atoms with Crippen LogP contribution in [0.2, 0.25) is 0 Å².